The SMILES string of the molecule is CC(=O)OCC1=CC2C(=O)C3(C=C(C)C(OC(=O)c4ccccc4NC(=O)c4cccc(O)c4NC(=O)c4ccccc4N(C)C)C3(O)C1O)C1C(CC2C)C1(C)C. The van der Waals surface area contributed by atoms with Gasteiger partial charge in [-0.3, -0.25) is 19.2 Å². The van der Waals surface area contributed by atoms with E-state index in [1.54, 1.807) is 74.5 Å². The number of para-hydroxylation sites is 3. The molecule has 3 aromatic rings. The smallest absolute Gasteiger partial charge is 0.340 e. The highest BCUT2D eigenvalue weighted by atomic mass is 16.6. The van der Waals surface area contributed by atoms with Crippen LogP contribution in [0.25, 0.3) is 0 Å². The van der Waals surface area contributed by atoms with Gasteiger partial charge in [0, 0.05) is 32.6 Å². The first kappa shape index (κ1) is 40.4. The number of amides is 2. The van der Waals surface area contributed by atoms with Gasteiger partial charge in [-0.2, -0.15) is 0 Å². The van der Waals surface area contributed by atoms with Crippen molar-refractivity contribution in [3.63, 3.8) is 0 Å². The number of ether oxygens (including phenoxy) is 2. The highest BCUT2D eigenvalue weighted by molar-refractivity contribution is 6.16. The van der Waals surface area contributed by atoms with Crippen molar-refractivity contribution in [3.8, 4) is 5.75 Å². The number of allylic oxidation sites excluding steroid dienone is 1. The third-order valence-corrected chi connectivity index (χ3v) is 12.8. The Morgan fingerprint density at radius 3 is 2.24 bits per heavy atom. The van der Waals surface area contributed by atoms with Crippen LogP contribution >= 0.6 is 0 Å². The van der Waals surface area contributed by atoms with Crippen LogP contribution in [0, 0.1) is 34.5 Å². The van der Waals surface area contributed by atoms with Gasteiger partial charge >= 0.3 is 11.9 Å². The lowest BCUT2D eigenvalue weighted by atomic mass is 9.61. The Labute approximate surface area is 336 Å². The molecule has 1 spiro atoms. The van der Waals surface area contributed by atoms with E-state index in [0.29, 0.717) is 23.2 Å². The van der Waals surface area contributed by atoms with Crippen molar-refractivity contribution in [2.45, 2.75) is 58.8 Å². The summed E-state index contributed by atoms with van der Waals surface area (Å²) >= 11 is 0. The maximum atomic E-state index is 14.9. The minimum atomic E-state index is -2.39. The largest absolute Gasteiger partial charge is 0.506 e. The number of aliphatic hydroxyl groups excluding tert-OH is 1. The van der Waals surface area contributed by atoms with E-state index in [2.05, 4.69) is 10.6 Å². The quantitative estimate of drug-likeness (QED) is 0.104. The number of carbonyl (C=O) groups excluding carboxylic acids is 5. The fraction of sp³-hybridized carbons (Fsp3) is 0.400. The molecule has 0 heterocycles. The summed E-state index contributed by atoms with van der Waals surface area (Å²) in [5, 5.41) is 41.6. The zero-order valence-corrected chi connectivity index (χ0v) is 33.5. The molecule has 2 amide bonds. The zero-order chi connectivity index (χ0) is 42.1. The average Bonchev–Trinajstić information content (AvgIpc) is 3.69. The number of anilines is 3. The minimum absolute atomic E-state index is 0.0112. The van der Waals surface area contributed by atoms with E-state index in [9.17, 15) is 39.3 Å². The van der Waals surface area contributed by atoms with E-state index in [-0.39, 0.29) is 64.0 Å². The van der Waals surface area contributed by atoms with Gasteiger partial charge in [0.2, 0.25) is 0 Å². The second-order valence-corrected chi connectivity index (χ2v) is 16.9. The molecule has 8 atom stereocenters. The molecule has 4 aliphatic rings. The van der Waals surface area contributed by atoms with Crippen LogP contribution in [-0.2, 0) is 19.1 Å². The first-order valence-electron chi connectivity index (χ1n) is 19.3. The van der Waals surface area contributed by atoms with Gasteiger partial charge in [-0.1, -0.05) is 63.3 Å². The molecule has 3 aromatic carbocycles. The van der Waals surface area contributed by atoms with Crippen LogP contribution in [0.3, 0.4) is 0 Å². The van der Waals surface area contributed by atoms with Gasteiger partial charge in [0.1, 0.15) is 18.5 Å². The number of rotatable bonds is 9. The molecule has 8 unspecified atom stereocenters. The van der Waals surface area contributed by atoms with E-state index < -0.39 is 58.3 Å². The van der Waals surface area contributed by atoms with Crippen LogP contribution in [0.1, 0.15) is 72.1 Å². The molecule has 304 valence electrons. The summed E-state index contributed by atoms with van der Waals surface area (Å²) in [5.41, 5.74) is -3.35. The molecule has 13 heteroatoms. The fourth-order valence-electron chi connectivity index (χ4n) is 9.98. The highest BCUT2D eigenvalue weighted by Gasteiger charge is 2.81. The van der Waals surface area contributed by atoms with Gasteiger partial charge in [-0.25, -0.2) is 4.79 Å². The van der Waals surface area contributed by atoms with Gasteiger partial charge in [-0.05, 0) is 84.1 Å². The molecular formula is C45H49N3O10. The van der Waals surface area contributed by atoms with E-state index >= 15 is 0 Å². The third kappa shape index (κ3) is 6.27. The van der Waals surface area contributed by atoms with Crippen LogP contribution in [0.2, 0.25) is 0 Å². The molecule has 58 heavy (non-hydrogen) atoms. The second kappa shape index (κ2) is 14.5. The van der Waals surface area contributed by atoms with Gasteiger partial charge in [0.05, 0.1) is 33.5 Å². The van der Waals surface area contributed by atoms with E-state index in [1.165, 1.54) is 37.3 Å². The van der Waals surface area contributed by atoms with Crippen molar-refractivity contribution in [1.29, 1.82) is 0 Å². The normalized spacial score (nSPS) is 28.9. The van der Waals surface area contributed by atoms with Crippen molar-refractivity contribution in [3.05, 3.63) is 107 Å². The molecule has 13 nitrogen and oxygen atoms in total. The summed E-state index contributed by atoms with van der Waals surface area (Å²) in [6.45, 7) is 8.53. The molecule has 0 aliphatic heterocycles. The fourth-order valence-corrected chi connectivity index (χ4v) is 9.98. The number of nitrogens with zero attached hydrogens (tertiary/aromatic N) is 1. The summed E-state index contributed by atoms with van der Waals surface area (Å²) in [7, 11) is 3.56. The molecule has 7 rings (SSSR count). The Kier molecular flexibility index (Phi) is 10.1. The zero-order valence-electron chi connectivity index (χ0n) is 33.5. The van der Waals surface area contributed by atoms with Gasteiger partial charge in [-0.15, -0.1) is 0 Å². The summed E-state index contributed by atoms with van der Waals surface area (Å²) in [6, 6.07) is 17.0. The molecule has 0 saturated heterocycles. The predicted molar refractivity (Wildman–Crippen MR) is 215 cm³/mol. The number of nitrogens with one attached hydrogen (secondary N) is 2. The number of carbonyl (C=O) groups is 5. The summed E-state index contributed by atoms with van der Waals surface area (Å²) in [5.74, 6) is -4.79. The van der Waals surface area contributed by atoms with Crippen LogP contribution in [-0.4, -0.2) is 83.4 Å². The number of aromatic hydroxyl groups is 1. The van der Waals surface area contributed by atoms with Gasteiger partial charge < -0.3 is 40.3 Å². The second-order valence-electron chi connectivity index (χ2n) is 16.9. The third-order valence-electron chi connectivity index (χ3n) is 12.8. The molecule has 5 N–H and O–H groups in total. The molecule has 0 radical (unpaired) electrons. The summed E-state index contributed by atoms with van der Waals surface area (Å²) in [6.07, 6.45) is 0.693. The minimum Gasteiger partial charge on any atom is -0.506 e. The number of esters is 2. The van der Waals surface area contributed by atoms with Crippen molar-refractivity contribution in [2.24, 2.45) is 34.5 Å². The Morgan fingerprint density at radius 2 is 1.55 bits per heavy atom. The number of hydrogen-bond acceptors (Lipinski definition) is 11. The first-order valence-corrected chi connectivity index (χ1v) is 19.3. The number of phenols is 1. The Bertz CT molecular complexity index is 2300. The first-order chi connectivity index (χ1) is 27.4. The number of benzene rings is 3. The number of hydrogen-bond donors (Lipinski definition) is 5. The number of Topliss-reactive ketones (excluding diaryl/α,β-unsaturated/α-hetero) is 1. The number of aliphatic hydroxyl groups is 2. The molecule has 0 aromatic heterocycles. The maximum absolute atomic E-state index is 14.9. The summed E-state index contributed by atoms with van der Waals surface area (Å²) in [4.78, 5) is 70.3. The van der Waals surface area contributed by atoms with E-state index in [1.807, 2.05) is 20.8 Å². The molecule has 2 fully saturated rings. The molecule has 2 bridgehead atoms. The number of fused-ring (bicyclic) bond motifs is 2. The monoisotopic (exact) mass is 791 g/mol. The molecule has 2 saturated carbocycles. The highest BCUT2D eigenvalue weighted by Crippen LogP contribution is 2.76. The Morgan fingerprint density at radius 1 is 0.914 bits per heavy atom. The lowest BCUT2D eigenvalue weighted by Gasteiger charge is -2.47. The van der Waals surface area contributed by atoms with E-state index in [0.717, 1.165) is 0 Å². The van der Waals surface area contributed by atoms with Crippen LogP contribution in [0.4, 0.5) is 17.1 Å². The number of ketones is 1. The van der Waals surface area contributed by atoms with Crippen LogP contribution < -0.4 is 15.5 Å². The van der Waals surface area contributed by atoms with Gasteiger partial charge in [0.25, 0.3) is 11.8 Å². The molecule has 4 aliphatic carbocycles. The van der Waals surface area contributed by atoms with Crippen LogP contribution in [0.15, 0.2) is 90.0 Å². The van der Waals surface area contributed by atoms with Crippen molar-refractivity contribution < 1.29 is 48.8 Å². The van der Waals surface area contributed by atoms with E-state index in [4.69, 9.17) is 9.47 Å². The van der Waals surface area contributed by atoms with Crippen molar-refractivity contribution in [2.75, 3.05) is 36.2 Å². The predicted octanol–water partition coefficient (Wildman–Crippen LogP) is 5.53. The average molecular weight is 792 g/mol. The van der Waals surface area contributed by atoms with Crippen molar-refractivity contribution >= 4 is 46.6 Å². The standard InChI is InChI=1S/C45H49N3O10/c1-23-19-31-36(43(31,4)5)44-21-24(2)39(45(44,56)37(51)26(22-57-25(3)49)20-30(23)38(44)52)58-42(55)27-13-8-10-16-32(27)46-41(54)29-15-12-18-34(50)35(29)47-40(53)28-14-9-11-17-33(28)48(6)7/h8-18,20-21,23,30-31,36-37,39,50-51,56H,19,22H2,1-7H3,(H,46,54)(H,47,53). The van der Waals surface area contributed by atoms with Crippen molar-refractivity contribution in [1.82, 2.24) is 0 Å². The van der Waals surface area contributed by atoms with Gasteiger partial charge in [0.15, 0.2) is 17.5 Å². The van der Waals surface area contributed by atoms with Crippen LogP contribution in [0.5, 0.6) is 5.75 Å². The Hall–Kier alpha value is -5.79. The lowest BCUT2D eigenvalue weighted by molar-refractivity contribution is -0.187. The summed E-state index contributed by atoms with van der Waals surface area (Å²) < 4.78 is 11.5. The molecular weight excluding hydrogens is 743 g/mol. The Balaban J connectivity index is 1.21. The maximum Gasteiger partial charge on any atom is 0.340 e. The number of phenolic OH excluding ortho intramolecular Hbond substituents is 1. The topological polar surface area (TPSA) is 192 Å². The lowest BCUT2D eigenvalue weighted by Crippen LogP contribution is -2.65.